The highest BCUT2D eigenvalue weighted by Gasteiger charge is 2.10. The molecule has 0 bridgehead atoms. The number of rotatable bonds is 5. The zero-order valence-corrected chi connectivity index (χ0v) is 14.5. The van der Waals surface area contributed by atoms with E-state index in [4.69, 9.17) is 16.9 Å². The van der Waals surface area contributed by atoms with Gasteiger partial charge in [-0.3, -0.25) is 4.79 Å². The minimum Gasteiger partial charge on any atom is -0.324 e. The molecule has 1 amide bonds. The first-order chi connectivity index (χ1) is 12.2. The number of benzene rings is 2. The van der Waals surface area contributed by atoms with Crippen molar-refractivity contribution in [3.63, 3.8) is 0 Å². The van der Waals surface area contributed by atoms with Crippen LogP contribution in [0.15, 0.2) is 60.0 Å². The maximum Gasteiger partial charge on any atom is 0.234 e. The molecule has 1 N–H and O–H groups in total. The van der Waals surface area contributed by atoms with Crippen molar-refractivity contribution in [1.29, 1.82) is 5.26 Å². The lowest BCUT2D eigenvalue weighted by Crippen LogP contribution is -2.15. The molecule has 0 spiro atoms. The van der Waals surface area contributed by atoms with Crippen LogP contribution in [0.2, 0.25) is 5.02 Å². The third kappa shape index (κ3) is 4.38. The van der Waals surface area contributed by atoms with Crippen LogP contribution in [0.25, 0.3) is 5.69 Å². The van der Waals surface area contributed by atoms with Gasteiger partial charge >= 0.3 is 0 Å². The fourth-order valence-electron chi connectivity index (χ4n) is 2.05. The van der Waals surface area contributed by atoms with Gasteiger partial charge in [0.05, 0.1) is 22.7 Å². The van der Waals surface area contributed by atoms with Crippen molar-refractivity contribution in [3.05, 3.63) is 65.4 Å². The molecule has 0 atom stereocenters. The molecule has 8 heteroatoms. The number of thioether (sulfide) groups is 1. The standard InChI is InChI=1S/C17H12ClN5OS/c18-13-7-6-12(9-19)15(8-13)21-16(24)10-25-17-20-11-23(22-17)14-4-2-1-3-5-14/h1-8,11H,10H2,(H,21,24). The molecule has 1 heterocycles. The van der Waals surface area contributed by atoms with Crippen molar-refractivity contribution in [2.75, 3.05) is 11.1 Å². The van der Waals surface area contributed by atoms with E-state index in [1.54, 1.807) is 29.2 Å². The van der Waals surface area contributed by atoms with Crippen LogP contribution in [-0.2, 0) is 4.79 Å². The smallest absolute Gasteiger partial charge is 0.234 e. The average Bonchev–Trinajstić information content (AvgIpc) is 3.10. The monoisotopic (exact) mass is 369 g/mol. The Hall–Kier alpha value is -2.82. The van der Waals surface area contributed by atoms with Crippen molar-refractivity contribution in [2.24, 2.45) is 0 Å². The van der Waals surface area contributed by atoms with Crippen LogP contribution in [0.5, 0.6) is 0 Å². The molecule has 0 aliphatic heterocycles. The predicted octanol–water partition coefficient (Wildman–Crippen LogP) is 3.52. The Morgan fingerprint density at radius 3 is 2.84 bits per heavy atom. The van der Waals surface area contributed by atoms with E-state index in [9.17, 15) is 4.79 Å². The highest BCUT2D eigenvalue weighted by molar-refractivity contribution is 7.99. The summed E-state index contributed by atoms with van der Waals surface area (Å²) in [5, 5.41) is 17.0. The number of anilines is 1. The van der Waals surface area contributed by atoms with Gasteiger partial charge in [0.1, 0.15) is 12.4 Å². The first-order valence-corrected chi connectivity index (χ1v) is 8.61. The largest absolute Gasteiger partial charge is 0.324 e. The van der Waals surface area contributed by atoms with Crippen molar-refractivity contribution < 1.29 is 4.79 Å². The number of aromatic nitrogens is 3. The summed E-state index contributed by atoms with van der Waals surface area (Å²) in [6, 6.07) is 16.3. The summed E-state index contributed by atoms with van der Waals surface area (Å²) >= 11 is 7.11. The van der Waals surface area contributed by atoms with Gasteiger partial charge in [-0.25, -0.2) is 9.67 Å². The predicted molar refractivity (Wildman–Crippen MR) is 96.9 cm³/mol. The van der Waals surface area contributed by atoms with E-state index in [-0.39, 0.29) is 11.7 Å². The maximum atomic E-state index is 12.1. The van der Waals surface area contributed by atoms with Crippen LogP contribution in [0.4, 0.5) is 5.69 Å². The van der Waals surface area contributed by atoms with E-state index in [2.05, 4.69) is 15.4 Å². The molecule has 0 radical (unpaired) electrons. The van der Waals surface area contributed by atoms with E-state index in [1.807, 2.05) is 36.4 Å². The van der Waals surface area contributed by atoms with Crippen molar-refractivity contribution in [2.45, 2.75) is 5.16 Å². The van der Waals surface area contributed by atoms with Gasteiger partial charge < -0.3 is 5.32 Å². The normalized spacial score (nSPS) is 10.2. The number of nitrogens with one attached hydrogen (secondary N) is 1. The Morgan fingerprint density at radius 1 is 1.28 bits per heavy atom. The van der Waals surface area contributed by atoms with E-state index >= 15 is 0 Å². The number of halogens is 1. The fourth-order valence-corrected chi connectivity index (χ4v) is 2.82. The highest BCUT2D eigenvalue weighted by atomic mass is 35.5. The quantitative estimate of drug-likeness (QED) is 0.695. The second kappa shape index (κ2) is 7.83. The second-order valence-electron chi connectivity index (χ2n) is 4.95. The first-order valence-electron chi connectivity index (χ1n) is 7.25. The number of amides is 1. The lowest BCUT2D eigenvalue weighted by molar-refractivity contribution is -0.113. The van der Waals surface area contributed by atoms with Gasteiger partial charge in [-0.1, -0.05) is 41.6 Å². The summed E-state index contributed by atoms with van der Waals surface area (Å²) in [4.78, 5) is 16.3. The average molecular weight is 370 g/mol. The van der Waals surface area contributed by atoms with Crippen LogP contribution in [0.1, 0.15) is 5.56 Å². The molecular formula is C17H12ClN5OS. The molecule has 0 aliphatic carbocycles. The Bertz CT molecular complexity index is 936. The molecular weight excluding hydrogens is 358 g/mol. The topological polar surface area (TPSA) is 83.6 Å². The number of carbonyl (C=O) groups excluding carboxylic acids is 1. The molecule has 0 aliphatic rings. The molecule has 25 heavy (non-hydrogen) atoms. The molecule has 0 unspecified atom stereocenters. The van der Waals surface area contributed by atoms with Crippen LogP contribution >= 0.6 is 23.4 Å². The van der Waals surface area contributed by atoms with Crippen molar-refractivity contribution >= 4 is 35.0 Å². The zero-order valence-electron chi connectivity index (χ0n) is 12.9. The number of nitrogens with zero attached hydrogens (tertiary/aromatic N) is 4. The molecule has 3 aromatic rings. The van der Waals surface area contributed by atoms with Gasteiger partial charge in [0.15, 0.2) is 0 Å². The Labute approximate surface area is 153 Å². The first kappa shape index (κ1) is 17.0. The van der Waals surface area contributed by atoms with Gasteiger partial charge in [-0.15, -0.1) is 5.10 Å². The van der Waals surface area contributed by atoms with Gasteiger partial charge in [0.2, 0.25) is 11.1 Å². The fraction of sp³-hybridized carbons (Fsp3) is 0.0588. The summed E-state index contributed by atoms with van der Waals surface area (Å²) in [7, 11) is 0. The zero-order chi connectivity index (χ0) is 17.6. The molecule has 3 rings (SSSR count). The second-order valence-corrected chi connectivity index (χ2v) is 6.32. The summed E-state index contributed by atoms with van der Waals surface area (Å²) < 4.78 is 1.64. The third-order valence-corrected chi connectivity index (χ3v) is 4.29. The van der Waals surface area contributed by atoms with E-state index in [1.165, 1.54) is 11.8 Å². The molecule has 6 nitrogen and oxygen atoms in total. The number of hydrogen-bond donors (Lipinski definition) is 1. The minimum atomic E-state index is -0.264. The van der Waals surface area contributed by atoms with Crippen LogP contribution in [0.3, 0.4) is 0 Å². The number of carbonyl (C=O) groups is 1. The Morgan fingerprint density at radius 2 is 2.08 bits per heavy atom. The lowest BCUT2D eigenvalue weighted by atomic mass is 10.2. The molecule has 0 saturated carbocycles. The molecule has 1 aromatic heterocycles. The molecule has 124 valence electrons. The molecule has 0 fully saturated rings. The van der Waals surface area contributed by atoms with Gasteiger partial charge in [0, 0.05) is 5.02 Å². The third-order valence-electron chi connectivity index (χ3n) is 3.20. The van der Waals surface area contributed by atoms with Crippen LogP contribution < -0.4 is 5.32 Å². The van der Waals surface area contributed by atoms with Crippen molar-refractivity contribution in [1.82, 2.24) is 14.8 Å². The summed E-state index contributed by atoms with van der Waals surface area (Å²) in [5.41, 5.74) is 1.64. The van der Waals surface area contributed by atoms with Gasteiger partial charge in [-0.05, 0) is 30.3 Å². The van der Waals surface area contributed by atoms with Crippen LogP contribution in [-0.4, -0.2) is 26.4 Å². The maximum absolute atomic E-state index is 12.1. The number of para-hydroxylation sites is 1. The Kier molecular flexibility index (Phi) is 5.33. The number of hydrogen-bond acceptors (Lipinski definition) is 5. The summed E-state index contributed by atoms with van der Waals surface area (Å²) in [6.07, 6.45) is 1.60. The van der Waals surface area contributed by atoms with E-state index in [0.29, 0.717) is 21.4 Å². The van der Waals surface area contributed by atoms with E-state index < -0.39 is 0 Å². The van der Waals surface area contributed by atoms with Crippen LogP contribution in [0, 0.1) is 11.3 Å². The van der Waals surface area contributed by atoms with E-state index in [0.717, 1.165) is 5.69 Å². The minimum absolute atomic E-state index is 0.121. The molecule has 0 saturated heterocycles. The van der Waals surface area contributed by atoms with Gasteiger partial charge in [-0.2, -0.15) is 5.26 Å². The summed E-state index contributed by atoms with van der Waals surface area (Å²) in [6.45, 7) is 0. The highest BCUT2D eigenvalue weighted by Crippen LogP contribution is 2.21. The van der Waals surface area contributed by atoms with Gasteiger partial charge in [0.25, 0.3) is 0 Å². The number of nitriles is 1. The Balaban J connectivity index is 1.61. The molecule has 2 aromatic carbocycles. The lowest BCUT2D eigenvalue weighted by Gasteiger charge is -2.06. The SMILES string of the molecule is N#Cc1ccc(Cl)cc1NC(=O)CSc1ncn(-c2ccccc2)n1. The van der Waals surface area contributed by atoms with Crippen molar-refractivity contribution in [3.8, 4) is 11.8 Å². The summed E-state index contributed by atoms with van der Waals surface area (Å²) in [5.74, 6) is -0.143.